The van der Waals surface area contributed by atoms with E-state index in [2.05, 4.69) is 0 Å². The molecule has 0 heterocycles. The maximum Gasteiger partial charge on any atom is 0.246 e. The molecule has 0 radical (unpaired) electrons. The Bertz CT molecular complexity index is 204. The summed E-state index contributed by atoms with van der Waals surface area (Å²) in [6.45, 7) is 5.01. The largest absolute Gasteiger partial charge is 0.389 e. The fourth-order valence-corrected chi connectivity index (χ4v) is 1.09. The first-order chi connectivity index (χ1) is 7.11. The first-order valence-electron chi connectivity index (χ1n) is 5.25. The van der Waals surface area contributed by atoms with Crippen molar-refractivity contribution in [2.45, 2.75) is 26.4 Å². The molecule has 0 fully saturated rings. The van der Waals surface area contributed by atoms with E-state index in [9.17, 15) is 9.90 Å². The smallest absolute Gasteiger partial charge is 0.246 e. The molecule has 0 saturated heterocycles. The van der Waals surface area contributed by atoms with Crippen molar-refractivity contribution >= 4 is 5.91 Å². The summed E-state index contributed by atoms with van der Waals surface area (Å²) < 4.78 is 5.18. The molecule has 1 amide bonds. The Morgan fingerprint density at radius 2 is 2.27 bits per heavy atom. The van der Waals surface area contributed by atoms with Crippen LogP contribution in [0.4, 0.5) is 0 Å². The van der Waals surface area contributed by atoms with Gasteiger partial charge in [-0.2, -0.15) is 0 Å². The van der Waals surface area contributed by atoms with Crippen molar-refractivity contribution in [3.05, 3.63) is 12.2 Å². The van der Waals surface area contributed by atoms with Crippen LogP contribution in [0.5, 0.6) is 0 Å². The van der Waals surface area contributed by atoms with Crippen molar-refractivity contribution in [2.24, 2.45) is 0 Å². The van der Waals surface area contributed by atoms with Gasteiger partial charge in [-0.25, -0.2) is 0 Å². The molecule has 0 saturated carbocycles. The number of amides is 1. The molecule has 88 valence electrons. The second kappa shape index (κ2) is 8.44. The summed E-state index contributed by atoms with van der Waals surface area (Å²) in [5.74, 6) is -0.105. The fourth-order valence-electron chi connectivity index (χ4n) is 1.09. The van der Waals surface area contributed by atoms with E-state index in [0.717, 1.165) is 6.42 Å². The van der Waals surface area contributed by atoms with Gasteiger partial charge in [-0.05, 0) is 19.4 Å². The van der Waals surface area contributed by atoms with Crippen LogP contribution in [-0.2, 0) is 9.53 Å². The molecule has 0 aliphatic carbocycles. The van der Waals surface area contributed by atoms with Crippen LogP contribution in [-0.4, -0.2) is 48.8 Å². The monoisotopic (exact) mass is 215 g/mol. The molecule has 0 aliphatic heterocycles. The van der Waals surface area contributed by atoms with Gasteiger partial charge in [0, 0.05) is 20.2 Å². The van der Waals surface area contributed by atoms with Gasteiger partial charge in [0.2, 0.25) is 5.91 Å². The number of rotatable bonds is 7. The van der Waals surface area contributed by atoms with Crippen molar-refractivity contribution in [3.63, 3.8) is 0 Å². The standard InChI is InChI=1S/C11H21NO3/c1-4-6-11(14)12(3)8-10(13)9-15-7-5-2/h4,6,10,13H,5,7-9H2,1-3H3. The average molecular weight is 215 g/mol. The number of carbonyl (C=O) groups is 1. The number of nitrogens with zero attached hydrogens (tertiary/aromatic N) is 1. The highest BCUT2D eigenvalue weighted by molar-refractivity contribution is 5.87. The van der Waals surface area contributed by atoms with Gasteiger partial charge in [0.1, 0.15) is 0 Å². The Morgan fingerprint density at radius 1 is 1.60 bits per heavy atom. The van der Waals surface area contributed by atoms with Crippen LogP contribution in [0.2, 0.25) is 0 Å². The van der Waals surface area contributed by atoms with E-state index in [0.29, 0.717) is 13.2 Å². The van der Waals surface area contributed by atoms with Gasteiger partial charge in [-0.3, -0.25) is 4.79 Å². The Labute approximate surface area is 91.5 Å². The highest BCUT2D eigenvalue weighted by atomic mass is 16.5. The predicted molar refractivity (Wildman–Crippen MR) is 59.6 cm³/mol. The lowest BCUT2D eigenvalue weighted by Gasteiger charge is -2.19. The molecule has 1 N–H and O–H groups in total. The summed E-state index contributed by atoms with van der Waals surface area (Å²) in [7, 11) is 1.66. The van der Waals surface area contributed by atoms with E-state index in [1.165, 1.54) is 11.0 Å². The van der Waals surface area contributed by atoms with Gasteiger partial charge in [-0.15, -0.1) is 0 Å². The summed E-state index contributed by atoms with van der Waals surface area (Å²) in [6, 6.07) is 0. The third-order valence-electron chi connectivity index (χ3n) is 1.83. The van der Waals surface area contributed by atoms with Crippen LogP contribution in [0, 0.1) is 0 Å². The molecule has 0 aromatic carbocycles. The molecule has 15 heavy (non-hydrogen) atoms. The van der Waals surface area contributed by atoms with Crippen molar-refractivity contribution in [2.75, 3.05) is 26.8 Å². The highest BCUT2D eigenvalue weighted by Crippen LogP contribution is 1.93. The number of hydrogen-bond acceptors (Lipinski definition) is 3. The lowest BCUT2D eigenvalue weighted by atomic mass is 10.3. The van der Waals surface area contributed by atoms with Crippen molar-refractivity contribution in [1.29, 1.82) is 0 Å². The van der Waals surface area contributed by atoms with Crippen molar-refractivity contribution in [3.8, 4) is 0 Å². The van der Waals surface area contributed by atoms with E-state index >= 15 is 0 Å². The zero-order valence-electron chi connectivity index (χ0n) is 9.77. The second-order valence-electron chi connectivity index (χ2n) is 3.45. The Morgan fingerprint density at radius 3 is 2.80 bits per heavy atom. The molecule has 4 nitrogen and oxygen atoms in total. The van der Waals surface area contributed by atoms with Gasteiger partial charge in [0.05, 0.1) is 12.7 Å². The lowest BCUT2D eigenvalue weighted by molar-refractivity contribution is -0.126. The number of aliphatic hydroxyl groups excluding tert-OH is 1. The molecule has 0 rings (SSSR count). The minimum atomic E-state index is -0.615. The Hall–Kier alpha value is -0.870. The van der Waals surface area contributed by atoms with E-state index in [1.54, 1.807) is 20.0 Å². The van der Waals surface area contributed by atoms with E-state index in [4.69, 9.17) is 4.74 Å². The molecule has 1 unspecified atom stereocenters. The van der Waals surface area contributed by atoms with Crippen LogP contribution in [0.15, 0.2) is 12.2 Å². The number of ether oxygens (including phenoxy) is 1. The maximum absolute atomic E-state index is 11.3. The summed E-state index contributed by atoms with van der Waals surface area (Å²) in [6.07, 6.45) is 3.47. The molecule has 1 atom stereocenters. The zero-order valence-corrected chi connectivity index (χ0v) is 9.77. The minimum absolute atomic E-state index is 0.105. The highest BCUT2D eigenvalue weighted by Gasteiger charge is 2.11. The maximum atomic E-state index is 11.3. The molecular formula is C11H21NO3. The van der Waals surface area contributed by atoms with Crippen molar-refractivity contribution < 1.29 is 14.6 Å². The Kier molecular flexibility index (Phi) is 7.95. The number of carbonyl (C=O) groups excluding carboxylic acids is 1. The van der Waals surface area contributed by atoms with Crippen LogP contribution in [0.1, 0.15) is 20.3 Å². The average Bonchev–Trinajstić information content (AvgIpc) is 2.18. The summed E-state index contributed by atoms with van der Waals surface area (Å²) >= 11 is 0. The predicted octanol–water partition coefficient (Wildman–Crippen LogP) is 0.808. The van der Waals surface area contributed by atoms with Crippen LogP contribution in [0.3, 0.4) is 0 Å². The number of aliphatic hydroxyl groups is 1. The molecule has 0 spiro atoms. The van der Waals surface area contributed by atoms with E-state index in [-0.39, 0.29) is 12.5 Å². The van der Waals surface area contributed by atoms with Gasteiger partial charge < -0.3 is 14.7 Å². The molecule has 4 heteroatoms. The molecule has 0 aliphatic rings. The van der Waals surface area contributed by atoms with E-state index < -0.39 is 6.10 Å². The van der Waals surface area contributed by atoms with Crippen LogP contribution >= 0.6 is 0 Å². The van der Waals surface area contributed by atoms with Crippen LogP contribution < -0.4 is 0 Å². The summed E-state index contributed by atoms with van der Waals surface area (Å²) in [5.41, 5.74) is 0. The van der Waals surface area contributed by atoms with E-state index in [1.807, 2.05) is 6.92 Å². The van der Waals surface area contributed by atoms with Gasteiger partial charge in [0.15, 0.2) is 0 Å². The fraction of sp³-hybridized carbons (Fsp3) is 0.727. The van der Waals surface area contributed by atoms with Gasteiger partial charge >= 0.3 is 0 Å². The third kappa shape index (κ3) is 7.11. The normalized spacial score (nSPS) is 13.1. The zero-order chi connectivity index (χ0) is 11.7. The minimum Gasteiger partial charge on any atom is -0.389 e. The lowest BCUT2D eigenvalue weighted by Crippen LogP contribution is -2.35. The first-order valence-corrected chi connectivity index (χ1v) is 5.25. The van der Waals surface area contributed by atoms with Crippen molar-refractivity contribution in [1.82, 2.24) is 4.90 Å². The second-order valence-corrected chi connectivity index (χ2v) is 3.45. The molecule has 0 aromatic heterocycles. The molecule has 0 aromatic rings. The Balaban J connectivity index is 3.75. The summed E-state index contributed by atoms with van der Waals surface area (Å²) in [4.78, 5) is 12.8. The topological polar surface area (TPSA) is 49.8 Å². The quantitative estimate of drug-likeness (QED) is 0.505. The number of allylic oxidation sites excluding steroid dienone is 1. The first kappa shape index (κ1) is 14.1. The van der Waals surface area contributed by atoms with Gasteiger partial charge in [0.25, 0.3) is 0 Å². The number of likely N-dealkylation sites (N-methyl/N-ethyl adjacent to an activating group) is 1. The SMILES string of the molecule is CC=CC(=O)N(C)CC(O)COCCC. The number of hydrogen-bond donors (Lipinski definition) is 1. The van der Waals surface area contributed by atoms with Crippen LogP contribution in [0.25, 0.3) is 0 Å². The third-order valence-corrected chi connectivity index (χ3v) is 1.83. The molecule has 0 bridgehead atoms. The molecular weight excluding hydrogens is 194 g/mol. The van der Waals surface area contributed by atoms with Gasteiger partial charge in [-0.1, -0.05) is 13.0 Å². The summed E-state index contributed by atoms with van der Waals surface area (Å²) in [5, 5.41) is 9.52.